The minimum atomic E-state index is 0.116. The third-order valence-corrected chi connectivity index (χ3v) is 6.35. The summed E-state index contributed by atoms with van der Waals surface area (Å²) in [5.74, 6) is 2.66. The summed E-state index contributed by atoms with van der Waals surface area (Å²) in [5, 5.41) is 13.5. The molecule has 0 bridgehead atoms. The van der Waals surface area contributed by atoms with Crippen molar-refractivity contribution in [3.8, 4) is 0 Å². The summed E-state index contributed by atoms with van der Waals surface area (Å²) in [4.78, 5) is 15.0. The molecule has 1 amide bonds. The molecule has 1 aromatic rings. The van der Waals surface area contributed by atoms with Crippen LogP contribution in [0.4, 0.5) is 0 Å². The molecule has 0 aromatic carbocycles. The van der Waals surface area contributed by atoms with Gasteiger partial charge in [-0.15, -0.1) is 0 Å². The first-order valence-corrected chi connectivity index (χ1v) is 10.0. The number of aromatic nitrogens is 2. The minimum Gasteiger partial charge on any atom is -0.394 e. The van der Waals surface area contributed by atoms with Gasteiger partial charge in [0.25, 0.3) is 0 Å². The zero-order valence-electron chi connectivity index (χ0n) is 15.7. The molecular formula is C20H33N3O2. The summed E-state index contributed by atoms with van der Waals surface area (Å²) in [7, 11) is 0. The summed E-state index contributed by atoms with van der Waals surface area (Å²) >= 11 is 0. The number of carbonyl (C=O) groups excluding carboxylic acids is 1. The zero-order valence-corrected chi connectivity index (χ0v) is 15.7. The Hall–Kier alpha value is -1.36. The molecule has 1 N–H and O–H groups in total. The van der Waals surface area contributed by atoms with Crippen molar-refractivity contribution in [1.82, 2.24) is 14.7 Å². The first-order chi connectivity index (χ1) is 12.1. The number of aliphatic hydroxyl groups is 1. The van der Waals surface area contributed by atoms with E-state index in [9.17, 15) is 4.79 Å². The lowest BCUT2D eigenvalue weighted by Gasteiger charge is -2.37. The summed E-state index contributed by atoms with van der Waals surface area (Å²) in [6.45, 7) is 7.00. The lowest BCUT2D eigenvalue weighted by molar-refractivity contribution is -0.138. The fourth-order valence-electron chi connectivity index (χ4n) is 4.66. The number of amides is 1. The Kier molecular flexibility index (Phi) is 6.15. The molecule has 2 heterocycles. The van der Waals surface area contributed by atoms with Crippen LogP contribution < -0.4 is 0 Å². The van der Waals surface area contributed by atoms with Crippen molar-refractivity contribution < 1.29 is 9.90 Å². The molecule has 1 aromatic heterocycles. The largest absolute Gasteiger partial charge is 0.394 e. The van der Waals surface area contributed by atoms with Gasteiger partial charge < -0.3 is 10.0 Å². The second-order valence-electron chi connectivity index (χ2n) is 8.16. The Morgan fingerprint density at radius 3 is 2.48 bits per heavy atom. The van der Waals surface area contributed by atoms with Crippen LogP contribution in [0.15, 0.2) is 12.3 Å². The van der Waals surface area contributed by atoms with Crippen molar-refractivity contribution >= 4 is 5.91 Å². The topological polar surface area (TPSA) is 58.4 Å². The molecule has 140 valence electrons. The van der Waals surface area contributed by atoms with Crippen molar-refractivity contribution in [2.24, 2.45) is 17.8 Å². The zero-order chi connectivity index (χ0) is 17.8. The summed E-state index contributed by atoms with van der Waals surface area (Å²) in [6, 6.07) is 2.06. The first-order valence-electron chi connectivity index (χ1n) is 10.0. The van der Waals surface area contributed by atoms with E-state index in [4.69, 9.17) is 5.11 Å². The number of piperidine rings is 1. The molecule has 1 aliphatic carbocycles. The van der Waals surface area contributed by atoms with Crippen LogP contribution in [0.25, 0.3) is 0 Å². The lowest BCUT2D eigenvalue weighted by atomic mass is 9.76. The third-order valence-electron chi connectivity index (χ3n) is 6.35. The van der Waals surface area contributed by atoms with Gasteiger partial charge in [-0.2, -0.15) is 5.10 Å². The number of rotatable bonds is 5. The van der Waals surface area contributed by atoms with Crippen LogP contribution in [0.5, 0.6) is 0 Å². The normalized spacial score (nSPS) is 25.5. The molecule has 5 heteroatoms. The highest BCUT2D eigenvalue weighted by Crippen LogP contribution is 2.35. The Balaban J connectivity index is 1.50. The molecule has 5 nitrogen and oxygen atoms in total. The van der Waals surface area contributed by atoms with E-state index >= 15 is 0 Å². The maximum atomic E-state index is 12.9. The quantitative estimate of drug-likeness (QED) is 0.891. The van der Waals surface area contributed by atoms with E-state index in [0.29, 0.717) is 18.4 Å². The standard InChI is InChI=1S/C20H33N3O2/c1-15(2)16-3-5-18(6-4-16)20(25)22-11-8-17(9-12-22)19-7-10-21-23(19)13-14-24/h7,10,15-18,24H,3-6,8-9,11-14H2,1-2H3. The molecule has 2 fully saturated rings. The monoisotopic (exact) mass is 347 g/mol. The summed E-state index contributed by atoms with van der Waals surface area (Å²) in [6.07, 6.45) is 8.40. The predicted molar refractivity (Wildman–Crippen MR) is 98.2 cm³/mol. The SMILES string of the molecule is CC(C)C1CCC(C(=O)N2CCC(c3ccnn3CCO)CC2)CC1. The number of aliphatic hydroxyl groups excluding tert-OH is 1. The van der Waals surface area contributed by atoms with Gasteiger partial charge in [-0.1, -0.05) is 13.8 Å². The summed E-state index contributed by atoms with van der Waals surface area (Å²) in [5.41, 5.74) is 1.21. The van der Waals surface area contributed by atoms with Crippen LogP contribution in [0, 0.1) is 17.8 Å². The summed E-state index contributed by atoms with van der Waals surface area (Å²) < 4.78 is 1.91. The van der Waals surface area contributed by atoms with Crippen molar-refractivity contribution in [3.05, 3.63) is 18.0 Å². The van der Waals surface area contributed by atoms with Crippen LogP contribution in [-0.4, -0.2) is 45.4 Å². The number of likely N-dealkylation sites (tertiary alicyclic amines) is 1. The van der Waals surface area contributed by atoms with Gasteiger partial charge in [0.05, 0.1) is 13.2 Å². The van der Waals surface area contributed by atoms with Gasteiger partial charge in [-0.05, 0) is 56.4 Å². The molecule has 0 atom stereocenters. The van der Waals surface area contributed by atoms with E-state index in [-0.39, 0.29) is 12.5 Å². The van der Waals surface area contributed by atoms with E-state index < -0.39 is 0 Å². The lowest BCUT2D eigenvalue weighted by Crippen LogP contribution is -2.42. The van der Waals surface area contributed by atoms with Crippen LogP contribution in [0.2, 0.25) is 0 Å². The van der Waals surface area contributed by atoms with E-state index in [0.717, 1.165) is 50.6 Å². The fourth-order valence-corrected chi connectivity index (χ4v) is 4.66. The Bertz CT molecular complexity index is 553. The minimum absolute atomic E-state index is 0.116. The molecule has 0 unspecified atom stereocenters. The van der Waals surface area contributed by atoms with E-state index in [2.05, 4.69) is 29.9 Å². The molecule has 25 heavy (non-hydrogen) atoms. The molecule has 3 rings (SSSR count). The highest BCUT2D eigenvalue weighted by molar-refractivity contribution is 5.79. The molecule has 1 saturated carbocycles. The fraction of sp³-hybridized carbons (Fsp3) is 0.800. The predicted octanol–water partition coefficient (Wildman–Crippen LogP) is 3.04. The van der Waals surface area contributed by atoms with Crippen molar-refractivity contribution in [1.29, 1.82) is 0 Å². The maximum absolute atomic E-state index is 12.9. The van der Waals surface area contributed by atoms with Gasteiger partial charge in [-0.3, -0.25) is 9.48 Å². The average Bonchev–Trinajstić information content (AvgIpc) is 3.10. The number of hydrogen-bond donors (Lipinski definition) is 1. The Morgan fingerprint density at radius 2 is 1.88 bits per heavy atom. The van der Waals surface area contributed by atoms with Crippen LogP contribution >= 0.6 is 0 Å². The Labute approximate surface area is 151 Å². The smallest absolute Gasteiger partial charge is 0.225 e. The third kappa shape index (κ3) is 4.25. The maximum Gasteiger partial charge on any atom is 0.225 e. The number of hydrogen-bond acceptors (Lipinski definition) is 3. The Morgan fingerprint density at radius 1 is 1.20 bits per heavy atom. The molecule has 0 spiro atoms. The van der Waals surface area contributed by atoms with E-state index in [1.807, 2.05) is 10.9 Å². The van der Waals surface area contributed by atoms with Crippen molar-refractivity contribution in [2.45, 2.75) is 64.8 Å². The average molecular weight is 348 g/mol. The molecule has 2 aliphatic rings. The number of nitrogens with zero attached hydrogens (tertiary/aromatic N) is 3. The highest BCUT2D eigenvalue weighted by Gasteiger charge is 2.32. The van der Waals surface area contributed by atoms with Crippen LogP contribution in [-0.2, 0) is 11.3 Å². The van der Waals surface area contributed by atoms with Crippen LogP contribution in [0.1, 0.15) is 64.0 Å². The first kappa shape index (κ1) is 18.4. The molecule has 1 aliphatic heterocycles. The van der Waals surface area contributed by atoms with Gasteiger partial charge in [0.15, 0.2) is 0 Å². The van der Waals surface area contributed by atoms with E-state index in [1.54, 1.807) is 0 Å². The second-order valence-corrected chi connectivity index (χ2v) is 8.16. The van der Waals surface area contributed by atoms with Gasteiger partial charge in [0.2, 0.25) is 5.91 Å². The van der Waals surface area contributed by atoms with Crippen LogP contribution in [0.3, 0.4) is 0 Å². The molecule has 0 radical (unpaired) electrons. The number of carbonyl (C=O) groups is 1. The van der Waals surface area contributed by atoms with Gasteiger partial charge >= 0.3 is 0 Å². The van der Waals surface area contributed by atoms with Gasteiger partial charge in [0.1, 0.15) is 0 Å². The van der Waals surface area contributed by atoms with E-state index in [1.165, 1.54) is 18.5 Å². The second kappa shape index (κ2) is 8.35. The van der Waals surface area contributed by atoms with Crippen molar-refractivity contribution in [2.75, 3.05) is 19.7 Å². The van der Waals surface area contributed by atoms with Gasteiger partial charge in [0, 0.05) is 36.8 Å². The molecular weight excluding hydrogens is 314 g/mol. The molecule has 1 saturated heterocycles. The van der Waals surface area contributed by atoms with Crippen molar-refractivity contribution in [3.63, 3.8) is 0 Å². The highest BCUT2D eigenvalue weighted by atomic mass is 16.3. The van der Waals surface area contributed by atoms with Gasteiger partial charge in [-0.25, -0.2) is 0 Å².